The third kappa shape index (κ3) is 3.48. The highest BCUT2D eigenvalue weighted by atomic mass is 32.1. The van der Waals surface area contributed by atoms with Gasteiger partial charge in [0, 0.05) is 37.2 Å². The number of rotatable bonds is 2. The summed E-state index contributed by atoms with van der Waals surface area (Å²) in [6, 6.07) is 52.2. The lowest BCUT2D eigenvalue weighted by Gasteiger charge is -2.11. The number of hydrogen-bond donors (Lipinski definition) is 0. The SMILES string of the molecule is c1ccc2c(c1)ccc1c2nc2c3sc4ccc5ccccc5c4c3cc(-c3ccc(-c4cccc5c4oc4ccccc45)cc3)n12. The molecule has 0 unspecified atom stereocenters. The lowest BCUT2D eigenvalue weighted by atomic mass is 9.99. The van der Waals surface area contributed by atoms with Gasteiger partial charge in [-0.2, -0.15) is 0 Å². The van der Waals surface area contributed by atoms with Crippen LogP contribution in [0.2, 0.25) is 0 Å². The van der Waals surface area contributed by atoms with E-state index in [1.54, 1.807) is 0 Å². The topological polar surface area (TPSA) is 30.4 Å². The minimum absolute atomic E-state index is 0.914. The van der Waals surface area contributed by atoms with Gasteiger partial charge in [0.1, 0.15) is 11.2 Å². The van der Waals surface area contributed by atoms with E-state index in [2.05, 4.69) is 138 Å². The molecule has 0 N–H and O–H groups in total. The summed E-state index contributed by atoms with van der Waals surface area (Å²) >= 11 is 1.84. The number of furan rings is 1. The van der Waals surface area contributed by atoms with Crippen LogP contribution in [0.25, 0.3) is 103 Å². The van der Waals surface area contributed by atoms with Crippen molar-refractivity contribution in [1.82, 2.24) is 9.38 Å². The first-order valence-electron chi connectivity index (χ1n) is 15.9. The molecule has 0 amide bonds. The molecule has 0 spiro atoms. The number of benzene rings is 7. The molecule has 4 heterocycles. The minimum atomic E-state index is 0.914. The molecule has 0 bridgehead atoms. The molecule has 0 atom stereocenters. The number of fused-ring (bicyclic) bond motifs is 14. The van der Waals surface area contributed by atoms with Crippen LogP contribution in [0.5, 0.6) is 0 Å². The quantitative estimate of drug-likeness (QED) is 0.193. The second-order valence-electron chi connectivity index (χ2n) is 12.3. The Labute approximate surface area is 272 Å². The van der Waals surface area contributed by atoms with Gasteiger partial charge in [-0.05, 0) is 51.6 Å². The Kier molecular flexibility index (Phi) is 4.99. The second kappa shape index (κ2) is 9.29. The van der Waals surface area contributed by atoms with Crippen molar-refractivity contribution in [2.45, 2.75) is 0 Å². The molecule has 4 heteroatoms. The molecule has 47 heavy (non-hydrogen) atoms. The fourth-order valence-corrected chi connectivity index (χ4v) is 8.79. The molecule has 11 aromatic rings. The van der Waals surface area contributed by atoms with Gasteiger partial charge in [-0.25, -0.2) is 4.98 Å². The van der Waals surface area contributed by atoms with E-state index >= 15 is 0 Å². The van der Waals surface area contributed by atoms with Gasteiger partial charge in [-0.1, -0.05) is 121 Å². The Morgan fingerprint density at radius 1 is 0.553 bits per heavy atom. The van der Waals surface area contributed by atoms with Crippen molar-refractivity contribution in [1.29, 1.82) is 0 Å². The Balaban J connectivity index is 1.21. The number of imidazole rings is 1. The Morgan fingerprint density at radius 3 is 2.13 bits per heavy atom. The third-order valence-electron chi connectivity index (χ3n) is 9.79. The molecule has 0 aliphatic rings. The van der Waals surface area contributed by atoms with Gasteiger partial charge in [0.15, 0.2) is 5.65 Å². The van der Waals surface area contributed by atoms with Crippen molar-refractivity contribution in [3.63, 3.8) is 0 Å². The van der Waals surface area contributed by atoms with E-state index in [1.165, 1.54) is 41.7 Å². The minimum Gasteiger partial charge on any atom is -0.455 e. The predicted molar refractivity (Wildman–Crippen MR) is 199 cm³/mol. The highest BCUT2D eigenvalue weighted by Crippen LogP contribution is 2.44. The average molecular weight is 617 g/mol. The molecule has 0 saturated heterocycles. The Morgan fingerprint density at radius 2 is 1.26 bits per heavy atom. The van der Waals surface area contributed by atoms with Crippen LogP contribution in [0.3, 0.4) is 0 Å². The van der Waals surface area contributed by atoms with Crippen LogP contribution in [0.4, 0.5) is 0 Å². The first-order chi connectivity index (χ1) is 23.3. The third-order valence-corrected chi connectivity index (χ3v) is 11.0. The molecule has 218 valence electrons. The van der Waals surface area contributed by atoms with E-state index in [1.807, 2.05) is 23.5 Å². The monoisotopic (exact) mass is 616 g/mol. The first kappa shape index (κ1) is 25.2. The smallest absolute Gasteiger partial charge is 0.156 e. The van der Waals surface area contributed by atoms with Crippen LogP contribution in [-0.2, 0) is 0 Å². The maximum atomic E-state index is 6.39. The van der Waals surface area contributed by atoms with E-state index in [4.69, 9.17) is 9.40 Å². The van der Waals surface area contributed by atoms with Crippen LogP contribution in [0.1, 0.15) is 0 Å². The molecule has 11 rings (SSSR count). The summed E-state index contributed by atoms with van der Waals surface area (Å²) < 4.78 is 11.3. The Bertz CT molecular complexity index is 3070. The standard InChI is InChI=1S/C43H24N2OS/c1-3-10-29-25(8-1)21-23-38-39(29)34-24-36(45-35-22-20-26-9-2-4-11-30(26)40(35)44-43(45)42(34)47-38)28-18-16-27(17-19-28)31-13-7-14-33-32-12-5-6-15-37(32)46-41(31)33/h1-24H. The second-order valence-corrected chi connectivity index (χ2v) is 13.4. The van der Waals surface area contributed by atoms with Gasteiger partial charge in [0.25, 0.3) is 0 Å². The van der Waals surface area contributed by atoms with Gasteiger partial charge in [0.2, 0.25) is 0 Å². The summed E-state index contributed by atoms with van der Waals surface area (Å²) in [7, 11) is 0. The number of thiophene rings is 1. The molecule has 0 aliphatic heterocycles. The lowest BCUT2D eigenvalue weighted by Crippen LogP contribution is -1.93. The van der Waals surface area contributed by atoms with Gasteiger partial charge < -0.3 is 4.42 Å². The molecular weight excluding hydrogens is 593 g/mol. The normalized spacial score (nSPS) is 12.3. The van der Waals surface area contributed by atoms with E-state index in [0.29, 0.717) is 0 Å². The van der Waals surface area contributed by atoms with E-state index in [9.17, 15) is 0 Å². The number of nitrogens with zero attached hydrogens (tertiary/aromatic N) is 2. The molecular formula is C43H24N2OS. The summed E-state index contributed by atoms with van der Waals surface area (Å²) in [5, 5.41) is 9.75. The molecule has 4 aromatic heterocycles. The van der Waals surface area contributed by atoms with Crippen molar-refractivity contribution in [2.75, 3.05) is 0 Å². The number of pyridine rings is 1. The van der Waals surface area contributed by atoms with Gasteiger partial charge in [-0.3, -0.25) is 4.40 Å². The zero-order valence-corrected chi connectivity index (χ0v) is 25.9. The van der Waals surface area contributed by atoms with Crippen molar-refractivity contribution < 1.29 is 4.42 Å². The van der Waals surface area contributed by atoms with Crippen molar-refractivity contribution in [3.8, 4) is 22.4 Å². The fraction of sp³-hybridized carbons (Fsp3) is 0. The molecule has 0 radical (unpaired) electrons. The highest BCUT2D eigenvalue weighted by molar-refractivity contribution is 7.26. The maximum absolute atomic E-state index is 6.39. The van der Waals surface area contributed by atoms with Crippen LogP contribution in [0.15, 0.2) is 150 Å². The summed E-state index contributed by atoms with van der Waals surface area (Å²) in [4.78, 5) is 5.41. The molecule has 0 aliphatic carbocycles. The average Bonchev–Trinajstić information content (AvgIpc) is 3.83. The van der Waals surface area contributed by atoms with Crippen molar-refractivity contribution >= 4 is 91.7 Å². The highest BCUT2D eigenvalue weighted by Gasteiger charge is 2.20. The number of hydrogen-bond acceptors (Lipinski definition) is 3. The summed E-state index contributed by atoms with van der Waals surface area (Å²) in [6.07, 6.45) is 0. The van der Waals surface area contributed by atoms with Crippen LogP contribution < -0.4 is 0 Å². The van der Waals surface area contributed by atoms with E-state index in [-0.39, 0.29) is 0 Å². The van der Waals surface area contributed by atoms with E-state index < -0.39 is 0 Å². The molecule has 0 fully saturated rings. The first-order valence-corrected chi connectivity index (χ1v) is 16.7. The lowest BCUT2D eigenvalue weighted by molar-refractivity contribution is 0.670. The summed E-state index contributed by atoms with van der Waals surface area (Å²) in [5.74, 6) is 0. The summed E-state index contributed by atoms with van der Waals surface area (Å²) in [5.41, 5.74) is 9.50. The van der Waals surface area contributed by atoms with Gasteiger partial charge in [-0.15, -0.1) is 11.3 Å². The van der Waals surface area contributed by atoms with Crippen molar-refractivity contribution in [2.24, 2.45) is 0 Å². The zero-order chi connectivity index (χ0) is 30.6. The van der Waals surface area contributed by atoms with E-state index in [0.717, 1.165) is 61.0 Å². The largest absolute Gasteiger partial charge is 0.455 e. The van der Waals surface area contributed by atoms with Crippen LogP contribution >= 0.6 is 11.3 Å². The number of para-hydroxylation sites is 2. The predicted octanol–water partition coefficient (Wildman–Crippen LogP) is 12.4. The molecule has 0 saturated carbocycles. The fourth-order valence-electron chi connectivity index (χ4n) is 7.61. The van der Waals surface area contributed by atoms with Crippen molar-refractivity contribution in [3.05, 3.63) is 146 Å². The van der Waals surface area contributed by atoms with Gasteiger partial charge in [0.05, 0.1) is 21.4 Å². The van der Waals surface area contributed by atoms with Crippen LogP contribution in [0, 0.1) is 0 Å². The number of aromatic nitrogens is 2. The molecule has 3 nitrogen and oxygen atoms in total. The van der Waals surface area contributed by atoms with Crippen LogP contribution in [-0.4, -0.2) is 9.38 Å². The molecule has 7 aromatic carbocycles. The summed E-state index contributed by atoms with van der Waals surface area (Å²) in [6.45, 7) is 0. The Hall–Kier alpha value is -5.97. The zero-order valence-electron chi connectivity index (χ0n) is 25.1. The maximum Gasteiger partial charge on any atom is 0.156 e. The van der Waals surface area contributed by atoms with Gasteiger partial charge >= 0.3 is 0 Å².